The second-order valence-corrected chi connectivity index (χ2v) is 5.64. The average Bonchev–Trinajstić information content (AvgIpc) is 2.68. The Hall–Kier alpha value is -2.76. The number of hydrogen-bond acceptors (Lipinski definition) is 4. The molecule has 2 N–H and O–H groups in total. The molecule has 26 heavy (non-hydrogen) atoms. The Morgan fingerprint density at radius 1 is 1.12 bits per heavy atom. The highest BCUT2D eigenvalue weighted by atomic mass is 16.5. The van der Waals surface area contributed by atoms with E-state index in [1.54, 1.807) is 7.11 Å². The first kappa shape index (κ1) is 19.6. The number of hydrogen-bond donors (Lipinski definition) is 2. The summed E-state index contributed by atoms with van der Waals surface area (Å²) in [6, 6.07) is 13.6. The molecular weight excluding hydrogens is 328 g/mol. The molecule has 0 atom stereocenters. The molecule has 6 nitrogen and oxygen atoms in total. The van der Waals surface area contributed by atoms with Crippen molar-refractivity contribution in [3.63, 3.8) is 0 Å². The Kier molecular flexibility index (Phi) is 8.83. The van der Waals surface area contributed by atoms with E-state index in [1.165, 1.54) is 0 Å². The number of aliphatic imine (C=N–C) groups is 1. The summed E-state index contributed by atoms with van der Waals surface area (Å²) in [5.41, 5.74) is 1.07. The first-order chi connectivity index (χ1) is 12.8. The fourth-order valence-electron chi connectivity index (χ4n) is 2.33. The number of aromatic nitrogens is 1. The van der Waals surface area contributed by atoms with E-state index < -0.39 is 0 Å². The van der Waals surface area contributed by atoms with Gasteiger partial charge in [-0.2, -0.15) is 0 Å². The van der Waals surface area contributed by atoms with Crippen molar-refractivity contribution in [1.29, 1.82) is 0 Å². The lowest BCUT2D eigenvalue weighted by atomic mass is 10.3. The zero-order valence-electron chi connectivity index (χ0n) is 15.6. The number of guanidine groups is 1. The van der Waals surface area contributed by atoms with Crippen LogP contribution in [0.25, 0.3) is 0 Å². The van der Waals surface area contributed by atoms with E-state index in [4.69, 9.17) is 9.47 Å². The molecule has 0 spiro atoms. The number of methoxy groups -OCH3 is 1. The van der Waals surface area contributed by atoms with Crippen LogP contribution in [0.2, 0.25) is 0 Å². The third-order valence-electron chi connectivity index (χ3n) is 3.63. The van der Waals surface area contributed by atoms with Crippen LogP contribution in [-0.2, 0) is 6.42 Å². The van der Waals surface area contributed by atoms with Crippen molar-refractivity contribution >= 4 is 5.96 Å². The lowest BCUT2D eigenvalue weighted by molar-refractivity contribution is 0.311. The van der Waals surface area contributed by atoms with Crippen molar-refractivity contribution < 1.29 is 9.47 Å². The van der Waals surface area contributed by atoms with Crippen molar-refractivity contribution in [3.05, 3.63) is 54.4 Å². The second-order valence-electron chi connectivity index (χ2n) is 5.64. The standard InChI is InChI=1S/C20H28N4O2/c1-3-21-20(24-14-11-17-8-4-5-12-22-17)23-13-7-15-26-19-10-6-9-18(16-19)25-2/h4-6,8-10,12,16H,3,7,11,13-15H2,1-2H3,(H2,21,23,24). The summed E-state index contributed by atoms with van der Waals surface area (Å²) in [6.45, 7) is 4.99. The number of benzene rings is 1. The molecule has 0 amide bonds. The first-order valence-corrected chi connectivity index (χ1v) is 9.00. The van der Waals surface area contributed by atoms with E-state index in [0.29, 0.717) is 13.2 Å². The normalized spacial score (nSPS) is 11.1. The van der Waals surface area contributed by atoms with Gasteiger partial charge in [-0.1, -0.05) is 12.1 Å². The zero-order chi connectivity index (χ0) is 18.5. The molecule has 0 aliphatic heterocycles. The van der Waals surface area contributed by atoms with E-state index in [-0.39, 0.29) is 0 Å². The van der Waals surface area contributed by atoms with Crippen molar-refractivity contribution in [2.24, 2.45) is 4.99 Å². The molecule has 1 heterocycles. The number of ether oxygens (including phenoxy) is 2. The molecule has 0 radical (unpaired) electrons. The lowest BCUT2D eigenvalue weighted by Crippen LogP contribution is -2.38. The largest absolute Gasteiger partial charge is 0.497 e. The highest BCUT2D eigenvalue weighted by Crippen LogP contribution is 2.18. The predicted octanol–water partition coefficient (Wildman–Crippen LogP) is 2.66. The Morgan fingerprint density at radius 2 is 2.00 bits per heavy atom. The smallest absolute Gasteiger partial charge is 0.191 e. The minimum Gasteiger partial charge on any atom is -0.497 e. The molecule has 6 heteroatoms. The maximum absolute atomic E-state index is 5.73. The summed E-state index contributed by atoms with van der Waals surface area (Å²) < 4.78 is 10.9. The van der Waals surface area contributed by atoms with Crippen molar-refractivity contribution in [1.82, 2.24) is 15.6 Å². The first-order valence-electron chi connectivity index (χ1n) is 9.00. The number of pyridine rings is 1. The monoisotopic (exact) mass is 356 g/mol. The van der Waals surface area contributed by atoms with Gasteiger partial charge in [-0.3, -0.25) is 9.98 Å². The molecule has 1 aromatic heterocycles. The van der Waals surface area contributed by atoms with Crippen molar-refractivity contribution in [3.8, 4) is 11.5 Å². The van der Waals surface area contributed by atoms with Gasteiger partial charge in [0.05, 0.1) is 13.7 Å². The van der Waals surface area contributed by atoms with Gasteiger partial charge in [0.25, 0.3) is 0 Å². The highest BCUT2D eigenvalue weighted by Gasteiger charge is 1.99. The molecule has 0 saturated carbocycles. The molecule has 0 bridgehead atoms. The predicted molar refractivity (Wildman–Crippen MR) is 105 cm³/mol. The SMILES string of the molecule is CCNC(=NCCCOc1cccc(OC)c1)NCCc1ccccn1. The van der Waals surface area contributed by atoms with Crippen LogP contribution in [0.1, 0.15) is 19.0 Å². The summed E-state index contributed by atoms with van der Waals surface area (Å²) in [5, 5.41) is 6.59. The molecule has 0 unspecified atom stereocenters. The minimum absolute atomic E-state index is 0.615. The third kappa shape index (κ3) is 7.42. The van der Waals surface area contributed by atoms with Crippen LogP contribution < -0.4 is 20.1 Å². The summed E-state index contributed by atoms with van der Waals surface area (Å²) in [7, 11) is 1.65. The third-order valence-corrected chi connectivity index (χ3v) is 3.63. The second kappa shape index (κ2) is 11.7. The van der Waals surface area contributed by atoms with E-state index in [9.17, 15) is 0 Å². The van der Waals surface area contributed by atoms with Gasteiger partial charge in [0.15, 0.2) is 5.96 Å². The maximum Gasteiger partial charge on any atom is 0.191 e. The molecule has 0 aliphatic rings. The topological polar surface area (TPSA) is 67.8 Å². The van der Waals surface area contributed by atoms with Gasteiger partial charge < -0.3 is 20.1 Å². The minimum atomic E-state index is 0.615. The van der Waals surface area contributed by atoms with Gasteiger partial charge in [0.2, 0.25) is 0 Å². The van der Waals surface area contributed by atoms with Crippen LogP contribution >= 0.6 is 0 Å². The number of nitrogens with one attached hydrogen (secondary N) is 2. The summed E-state index contributed by atoms with van der Waals surface area (Å²) >= 11 is 0. The van der Waals surface area contributed by atoms with Crippen LogP contribution in [0.4, 0.5) is 0 Å². The highest BCUT2D eigenvalue weighted by molar-refractivity contribution is 5.79. The molecule has 1 aromatic carbocycles. The van der Waals surface area contributed by atoms with Crippen molar-refractivity contribution in [2.45, 2.75) is 19.8 Å². The fraction of sp³-hybridized carbons (Fsp3) is 0.400. The van der Waals surface area contributed by atoms with Gasteiger partial charge in [0, 0.05) is 50.4 Å². The Balaban J connectivity index is 1.68. The van der Waals surface area contributed by atoms with E-state index >= 15 is 0 Å². The molecule has 0 saturated heterocycles. The fourth-order valence-corrected chi connectivity index (χ4v) is 2.33. The van der Waals surface area contributed by atoms with E-state index in [2.05, 4.69) is 27.5 Å². The van der Waals surface area contributed by atoms with Crippen LogP contribution in [0.15, 0.2) is 53.7 Å². The Bertz CT molecular complexity index is 662. The molecule has 0 aliphatic carbocycles. The van der Waals surface area contributed by atoms with Crippen molar-refractivity contribution in [2.75, 3.05) is 33.4 Å². The van der Waals surface area contributed by atoms with Gasteiger partial charge in [-0.15, -0.1) is 0 Å². The lowest BCUT2D eigenvalue weighted by Gasteiger charge is -2.11. The average molecular weight is 356 g/mol. The van der Waals surface area contributed by atoms with Gasteiger partial charge in [-0.05, 0) is 31.2 Å². The number of rotatable bonds is 10. The van der Waals surface area contributed by atoms with Crippen LogP contribution in [0, 0.1) is 0 Å². The Morgan fingerprint density at radius 3 is 2.77 bits per heavy atom. The van der Waals surface area contributed by atoms with Crippen LogP contribution in [0.3, 0.4) is 0 Å². The summed E-state index contributed by atoms with van der Waals surface area (Å²) in [4.78, 5) is 8.90. The van der Waals surface area contributed by atoms with Crippen LogP contribution in [-0.4, -0.2) is 44.3 Å². The van der Waals surface area contributed by atoms with E-state index in [0.717, 1.165) is 49.1 Å². The number of nitrogens with zero attached hydrogens (tertiary/aromatic N) is 2. The summed E-state index contributed by atoms with van der Waals surface area (Å²) in [5.74, 6) is 2.44. The van der Waals surface area contributed by atoms with Gasteiger partial charge >= 0.3 is 0 Å². The molecule has 2 aromatic rings. The quantitative estimate of drug-likeness (QED) is 0.389. The molecule has 0 fully saturated rings. The van der Waals surface area contributed by atoms with E-state index in [1.807, 2.05) is 48.7 Å². The zero-order valence-corrected chi connectivity index (χ0v) is 15.6. The van der Waals surface area contributed by atoms with Gasteiger partial charge in [-0.25, -0.2) is 0 Å². The van der Waals surface area contributed by atoms with Crippen LogP contribution in [0.5, 0.6) is 11.5 Å². The summed E-state index contributed by atoms with van der Waals surface area (Å²) in [6.07, 6.45) is 3.52. The molecular formula is C20H28N4O2. The molecule has 140 valence electrons. The molecule has 2 rings (SSSR count). The van der Waals surface area contributed by atoms with Gasteiger partial charge in [0.1, 0.15) is 11.5 Å². The maximum atomic E-state index is 5.73. The Labute approximate surface area is 155 Å².